The second-order valence-corrected chi connectivity index (χ2v) is 17.5. The van der Waals surface area contributed by atoms with Crippen LogP contribution in [0.25, 0.3) is 0 Å². The number of hydrogen-bond donors (Lipinski definition) is 3. The third kappa shape index (κ3) is 44.0. The van der Waals surface area contributed by atoms with Crippen LogP contribution in [-0.4, -0.2) is 47.4 Å². The average Bonchev–Trinajstić information content (AvgIpc) is 3.21. The zero-order valence-electron chi connectivity index (χ0n) is 38.3. The Labute approximate surface area is 355 Å². The fourth-order valence-electron chi connectivity index (χ4n) is 7.86. The first-order valence-corrected chi connectivity index (χ1v) is 25.4. The molecule has 0 saturated carbocycles. The smallest absolute Gasteiger partial charge is 0.305 e. The summed E-state index contributed by atoms with van der Waals surface area (Å²) in [6, 6.07) is -0.545. The molecule has 0 bridgehead atoms. The Morgan fingerprint density at radius 3 is 1.30 bits per heavy atom. The summed E-state index contributed by atoms with van der Waals surface area (Å²) < 4.78 is 5.44. The van der Waals surface area contributed by atoms with E-state index in [-0.39, 0.29) is 18.5 Å². The van der Waals surface area contributed by atoms with Gasteiger partial charge in [-0.25, -0.2) is 0 Å². The number of ether oxygens (including phenoxy) is 1. The molecule has 2 unspecified atom stereocenters. The van der Waals surface area contributed by atoms with E-state index in [9.17, 15) is 19.8 Å². The Morgan fingerprint density at radius 1 is 0.474 bits per heavy atom. The Bertz CT molecular complexity index is 847. The molecule has 6 heteroatoms. The molecule has 0 aromatic rings. The first-order valence-electron chi connectivity index (χ1n) is 25.4. The van der Waals surface area contributed by atoms with Gasteiger partial charge in [-0.15, -0.1) is 0 Å². The summed E-state index contributed by atoms with van der Waals surface area (Å²) in [6.45, 7) is 4.90. The molecule has 0 rings (SSSR count). The second kappa shape index (κ2) is 47.3. The lowest BCUT2D eigenvalue weighted by Crippen LogP contribution is -2.45. The highest BCUT2D eigenvalue weighted by Crippen LogP contribution is 2.17. The topological polar surface area (TPSA) is 95.9 Å². The number of esters is 1. The van der Waals surface area contributed by atoms with Crippen LogP contribution < -0.4 is 5.32 Å². The van der Waals surface area contributed by atoms with E-state index in [0.717, 1.165) is 44.9 Å². The maximum absolute atomic E-state index is 12.4. The summed E-state index contributed by atoms with van der Waals surface area (Å²) in [4.78, 5) is 24.4. The van der Waals surface area contributed by atoms with Crippen molar-refractivity contribution in [1.29, 1.82) is 0 Å². The summed E-state index contributed by atoms with van der Waals surface area (Å²) in [5, 5.41) is 23.2. The van der Waals surface area contributed by atoms with Gasteiger partial charge in [-0.2, -0.15) is 0 Å². The molecule has 0 aromatic heterocycles. The van der Waals surface area contributed by atoms with Crippen molar-refractivity contribution in [3.05, 3.63) is 12.2 Å². The van der Waals surface area contributed by atoms with E-state index in [0.29, 0.717) is 25.9 Å². The van der Waals surface area contributed by atoms with E-state index in [4.69, 9.17) is 4.74 Å². The lowest BCUT2D eigenvalue weighted by atomic mass is 10.0. The molecule has 0 aliphatic heterocycles. The minimum atomic E-state index is -0.667. The molecule has 0 aromatic carbocycles. The Morgan fingerprint density at radius 2 is 0.842 bits per heavy atom. The highest BCUT2D eigenvalue weighted by atomic mass is 16.5. The SMILES string of the molecule is CCCC/C=C\CCCCCCCC(=O)OCCCCCCCCCCCCCCCCCCC(=O)NC(CO)C(O)CCCCCCCCCCCCCCC. The molecule has 2 atom stereocenters. The molecule has 1 amide bonds. The predicted molar refractivity (Wildman–Crippen MR) is 246 cm³/mol. The molecule has 0 heterocycles. The highest BCUT2D eigenvalue weighted by molar-refractivity contribution is 5.76. The molecule has 0 saturated heterocycles. The van der Waals surface area contributed by atoms with Crippen LogP contribution in [0.3, 0.4) is 0 Å². The molecule has 0 aliphatic rings. The van der Waals surface area contributed by atoms with Gasteiger partial charge in [0.1, 0.15) is 0 Å². The summed E-state index contributed by atoms with van der Waals surface area (Å²) >= 11 is 0. The number of carbonyl (C=O) groups excluding carboxylic acids is 2. The Kier molecular flexibility index (Phi) is 46.1. The number of aliphatic hydroxyl groups is 2. The Balaban J connectivity index is 3.43. The van der Waals surface area contributed by atoms with Crippen molar-refractivity contribution in [3.8, 4) is 0 Å². The number of aliphatic hydroxyl groups excluding tert-OH is 2. The van der Waals surface area contributed by atoms with Crippen molar-refractivity contribution in [1.82, 2.24) is 5.32 Å². The molecular weight excluding hydrogens is 707 g/mol. The van der Waals surface area contributed by atoms with Crippen LogP contribution in [0.5, 0.6) is 0 Å². The monoisotopic (exact) mass is 806 g/mol. The van der Waals surface area contributed by atoms with Gasteiger partial charge in [0.05, 0.1) is 25.4 Å². The van der Waals surface area contributed by atoms with Crippen LogP contribution in [0.4, 0.5) is 0 Å². The Hall–Kier alpha value is -1.40. The van der Waals surface area contributed by atoms with E-state index in [1.54, 1.807) is 0 Å². The molecule has 3 N–H and O–H groups in total. The number of nitrogens with one attached hydrogen (secondary N) is 1. The highest BCUT2D eigenvalue weighted by Gasteiger charge is 2.20. The number of carbonyl (C=O) groups is 2. The van der Waals surface area contributed by atoms with Gasteiger partial charge in [0.25, 0.3) is 0 Å². The summed E-state index contributed by atoms with van der Waals surface area (Å²) in [5.41, 5.74) is 0. The van der Waals surface area contributed by atoms with Crippen LogP contribution >= 0.6 is 0 Å². The predicted octanol–water partition coefficient (Wildman–Crippen LogP) is 15.0. The van der Waals surface area contributed by atoms with E-state index in [1.807, 2.05) is 0 Å². The quantitative estimate of drug-likeness (QED) is 0.0323. The van der Waals surface area contributed by atoms with Gasteiger partial charge in [0, 0.05) is 12.8 Å². The van der Waals surface area contributed by atoms with Crippen molar-refractivity contribution >= 4 is 11.9 Å². The van der Waals surface area contributed by atoms with Crippen molar-refractivity contribution in [2.24, 2.45) is 0 Å². The first kappa shape index (κ1) is 55.6. The van der Waals surface area contributed by atoms with Gasteiger partial charge >= 0.3 is 5.97 Å². The van der Waals surface area contributed by atoms with Gasteiger partial charge < -0.3 is 20.3 Å². The average molecular weight is 806 g/mol. The van der Waals surface area contributed by atoms with Crippen LogP contribution in [0.2, 0.25) is 0 Å². The molecule has 0 aliphatic carbocycles. The van der Waals surface area contributed by atoms with Crippen LogP contribution in [0.15, 0.2) is 12.2 Å². The second-order valence-electron chi connectivity index (χ2n) is 17.5. The number of amides is 1. The molecule has 57 heavy (non-hydrogen) atoms. The summed E-state index contributed by atoms with van der Waals surface area (Å²) in [6.07, 6.45) is 53.2. The third-order valence-corrected chi connectivity index (χ3v) is 11.8. The van der Waals surface area contributed by atoms with Crippen LogP contribution in [0, 0.1) is 0 Å². The lowest BCUT2D eigenvalue weighted by molar-refractivity contribution is -0.143. The summed E-state index contributed by atoms with van der Waals surface area (Å²) in [5.74, 6) is -0.0496. The van der Waals surface area contributed by atoms with Gasteiger partial charge in [-0.3, -0.25) is 9.59 Å². The van der Waals surface area contributed by atoms with E-state index in [2.05, 4.69) is 31.3 Å². The first-order chi connectivity index (χ1) is 28.0. The number of allylic oxidation sites excluding steroid dienone is 2. The van der Waals surface area contributed by atoms with Gasteiger partial charge in [-0.1, -0.05) is 231 Å². The molecular formula is C51H99NO5. The van der Waals surface area contributed by atoms with Crippen molar-refractivity contribution < 1.29 is 24.5 Å². The van der Waals surface area contributed by atoms with Crippen molar-refractivity contribution in [2.75, 3.05) is 13.2 Å². The molecule has 0 radical (unpaired) electrons. The van der Waals surface area contributed by atoms with E-state index in [1.165, 1.54) is 199 Å². The number of unbranched alkanes of at least 4 members (excludes halogenated alkanes) is 34. The number of rotatable bonds is 47. The normalized spacial score (nSPS) is 12.7. The van der Waals surface area contributed by atoms with E-state index < -0.39 is 12.1 Å². The van der Waals surface area contributed by atoms with Gasteiger partial charge in [0.15, 0.2) is 0 Å². The largest absolute Gasteiger partial charge is 0.466 e. The minimum absolute atomic E-state index is 0.00789. The van der Waals surface area contributed by atoms with E-state index >= 15 is 0 Å². The zero-order valence-corrected chi connectivity index (χ0v) is 38.3. The molecule has 6 nitrogen and oxygen atoms in total. The molecule has 338 valence electrons. The molecule has 0 spiro atoms. The molecule has 0 fully saturated rings. The maximum atomic E-state index is 12.4. The third-order valence-electron chi connectivity index (χ3n) is 11.8. The van der Waals surface area contributed by atoms with Crippen LogP contribution in [0.1, 0.15) is 277 Å². The van der Waals surface area contributed by atoms with Gasteiger partial charge in [0.2, 0.25) is 5.91 Å². The minimum Gasteiger partial charge on any atom is -0.466 e. The van der Waals surface area contributed by atoms with Crippen molar-refractivity contribution in [2.45, 2.75) is 289 Å². The lowest BCUT2D eigenvalue weighted by Gasteiger charge is -2.22. The van der Waals surface area contributed by atoms with Crippen LogP contribution in [-0.2, 0) is 14.3 Å². The fraction of sp³-hybridized carbons (Fsp3) is 0.922. The standard InChI is InChI=1S/C51H99NO5/c1-3-5-7-9-11-13-15-20-24-27-31-35-39-43-49(54)48(47-53)52-50(55)44-40-36-32-28-25-21-18-16-17-19-22-26-30-34-38-42-46-57-51(56)45-41-37-33-29-23-14-12-10-8-6-4-2/h10,12,48-49,53-54H,3-9,11,13-47H2,1-2H3,(H,52,55)/b12-10-. The zero-order chi connectivity index (χ0) is 41.5. The maximum Gasteiger partial charge on any atom is 0.305 e. The van der Waals surface area contributed by atoms with Gasteiger partial charge in [-0.05, 0) is 44.9 Å². The summed E-state index contributed by atoms with van der Waals surface area (Å²) in [7, 11) is 0. The fourth-order valence-corrected chi connectivity index (χ4v) is 7.86. The van der Waals surface area contributed by atoms with Crippen molar-refractivity contribution in [3.63, 3.8) is 0 Å². The number of hydrogen-bond acceptors (Lipinski definition) is 5.